The van der Waals surface area contributed by atoms with Crippen molar-refractivity contribution < 1.29 is 4.39 Å². The highest BCUT2D eigenvalue weighted by molar-refractivity contribution is 5.87. The van der Waals surface area contributed by atoms with Crippen LogP contribution in [-0.2, 0) is 6.54 Å². The zero-order valence-electron chi connectivity index (χ0n) is 19.8. The Morgan fingerprint density at radius 1 is 0.943 bits per heavy atom. The van der Waals surface area contributed by atoms with E-state index in [4.69, 9.17) is 9.97 Å². The number of hydrogen-bond acceptors (Lipinski definition) is 7. The number of rotatable bonds is 7. The number of hydrogen-bond donors (Lipinski definition) is 2. The first-order valence-electron chi connectivity index (χ1n) is 12.2. The second-order valence-corrected chi connectivity index (χ2v) is 9.51. The first kappa shape index (κ1) is 21.8. The van der Waals surface area contributed by atoms with Crippen molar-refractivity contribution in [3.8, 4) is 0 Å². The zero-order valence-corrected chi connectivity index (χ0v) is 19.8. The van der Waals surface area contributed by atoms with Crippen LogP contribution < -0.4 is 15.5 Å². The molecule has 0 atom stereocenters. The lowest BCUT2D eigenvalue weighted by Gasteiger charge is -2.34. The van der Waals surface area contributed by atoms with Gasteiger partial charge in [-0.2, -0.15) is 9.97 Å². The number of nitrogens with one attached hydrogen (secondary N) is 2. The highest BCUT2D eigenvalue weighted by atomic mass is 19.1. The van der Waals surface area contributed by atoms with Crippen molar-refractivity contribution in [2.24, 2.45) is 5.92 Å². The first-order valence-corrected chi connectivity index (χ1v) is 12.2. The van der Waals surface area contributed by atoms with Gasteiger partial charge in [-0.05, 0) is 68.3 Å². The third kappa shape index (κ3) is 4.90. The quantitative estimate of drug-likeness (QED) is 0.407. The molecule has 2 N–H and O–H groups in total. The number of nitrogens with zero attached hydrogens (tertiary/aromatic N) is 6. The summed E-state index contributed by atoms with van der Waals surface area (Å²) in [6.07, 6.45) is 4.30. The van der Waals surface area contributed by atoms with Crippen LogP contribution in [0.5, 0.6) is 0 Å². The number of anilines is 5. The van der Waals surface area contributed by atoms with E-state index < -0.39 is 0 Å². The van der Waals surface area contributed by atoms with Crippen molar-refractivity contribution in [3.63, 3.8) is 0 Å². The average Bonchev–Trinajstić information content (AvgIpc) is 3.59. The van der Waals surface area contributed by atoms with Crippen molar-refractivity contribution in [2.75, 3.05) is 48.8 Å². The Labute approximate surface area is 203 Å². The molecule has 9 heteroatoms. The number of benzene rings is 2. The molecule has 0 amide bonds. The van der Waals surface area contributed by atoms with Crippen LogP contribution in [0.1, 0.15) is 12.8 Å². The van der Waals surface area contributed by atoms with Crippen LogP contribution in [0, 0.1) is 11.7 Å². The van der Waals surface area contributed by atoms with Gasteiger partial charge in [-0.25, -0.2) is 9.37 Å². The Balaban J connectivity index is 1.28. The number of fused-ring (bicyclic) bond motifs is 1. The number of imidazole rings is 1. The van der Waals surface area contributed by atoms with Crippen LogP contribution in [0.15, 0.2) is 54.9 Å². The van der Waals surface area contributed by atoms with Crippen LogP contribution >= 0.6 is 0 Å². The molecule has 0 spiro atoms. The van der Waals surface area contributed by atoms with Crippen molar-refractivity contribution in [1.29, 1.82) is 0 Å². The second-order valence-electron chi connectivity index (χ2n) is 9.51. The summed E-state index contributed by atoms with van der Waals surface area (Å²) in [5.41, 5.74) is 4.18. The van der Waals surface area contributed by atoms with Crippen LogP contribution in [0.25, 0.3) is 11.2 Å². The summed E-state index contributed by atoms with van der Waals surface area (Å²) in [5, 5.41) is 6.59. The number of halogens is 1. The summed E-state index contributed by atoms with van der Waals surface area (Å²) in [6, 6.07) is 14.7. The smallest absolute Gasteiger partial charge is 0.231 e. The molecule has 2 aliphatic rings. The van der Waals surface area contributed by atoms with Gasteiger partial charge in [0, 0.05) is 49.8 Å². The summed E-state index contributed by atoms with van der Waals surface area (Å²) in [4.78, 5) is 18.8. The summed E-state index contributed by atoms with van der Waals surface area (Å²) >= 11 is 0. The molecular formula is C26H29FN8. The molecule has 180 valence electrons. The second kappa shape index (κ2) is 9.14. The maximum absolute atomic E-state index is 13.8. The average molecular weight is 473 g/mol. The number of likely N-dealkylation sites (N-methyl/N-ethyl adjacent to an activating group) is 1. The molecule has 35 heavy (non-hydrogen) atoms. The topological polar surface area (TPSA) is 74.1 Å². The Bertz CT molecular complexity index is 1320. The number of aromatic nitrogens is 4. The Hall–Kier alpha value is -3.72. The van der Waals surface area contributed by atoms with E-state index >= 15 is 0 Å². The van der Waals surface area contributed by atoms with Gasteiger partial charge in [-0.15, -0.1) is 0 Å². The van der Waals surface area contributed by atoms with Gasteiger partial charge in [-0.1, -0.05) is 6.07 Å². The van der Waals surface area contributed by atoms with E-state index in [0.29, 0.717) is 28.9 Å². The Morgan fingerprint density at radius 3 is 2.49 bits per heavy atom. The third-order valence-corrected chi connectivity index (χ3v) is 6.69. The Kier molecular flexibility index (Phi) is 5.69. The molecule has 2 aromatic heterocycles. The van der Waals surface area contributed by atoms with Crippen molar-refractivity contribution >= 4 is 40.0 Å². The van der Waals surface area contributed by atoms with E-state index in [-0.39, 0.29) is 5.82 Å². The van der Waals surface area contributed by atoms with Crippen LogP contribution in [0.2, 0.25) is 0 Å². The molecule has 8 nitrogen and oxygen atoms in total. The summed E-state index contributed by atoms with van der Waals surface area (Å²) in [6.45, 7) is 5.10. The van der Waals surface area contributed by atoms with E-state index in [0.717, 1.165) is 44.1 Å². The SMILES string of the molecule is CN1CCN(c2ccc(Nc3nc(Nc4cccc(F)c4)c4ncn(CC5CC5)c4n3)cc2)CC1. The van der Waals surface area contributed by atoms with Gasteiger partial charge in [0.1, 0.15) is 5.82 Å². The van der Waals surface area contributed by atoms with Gasteiger partial charge in [0.25, 0.3) is 0 Å². The lowest BCUT2D eigenvalue weighted by atomic mass is 10.2. The lowest BCUT2D eigenvalue weighted by Crippen LogP contribution is -2.44. The van der Waals surface area contributed by atoms with E-state index in [9.17, 15) is 4.39 Å². The molecule has 6 rings (SSSR count). The molecule has 1 saturated carbocycles. The predicted octanol–water partition coefficient (Wildman–Crippen LogP) is 4.61. The van der Waals surface area contributed by atoms with E-state index in [1.807, 2.05) is 12.4 Å². The van der Waals surface area contributed by atoms with E-state index in [2.05, 4.69) is 61.3 Å². The summed E-state index contributed by atoms with van der Waals surface area (Å²) < 4.78 is 15.9. The van der Waals surface area contributed by atoms with Crippen LogP contribution in [0.4, 0.5) is 33.2 Å². The summed E-state index contributed by atoms with van der Waals surface area (Å²) in [5.74, 6) is 1.40. The van der Waals surface area contributed by atoms with Gasteiger partial charge in [0.15, 0.2) is 17.0 Å². The molecule has 3 heterocycles. The largest absolute Gasteiger partial charge is 0.369 e. The minimum absolute atomic E-state index is 0.307. The molecule has 0 radical (unpaired) electrons. The summed E-state index contributed by atoms with van der Waals surface area (Å²) in [7, 11) is 2.16. The van der Waals surface area contributed by atoms with Crippen molar-refractivity contribution in [1.82, 2.24) is 24.4 Å². The maximum atomic E-state index is 13.8. The molecule has 4 aromatic rings. The molecule has 1 aliphatic carbocycles. The van der Waals surface area contributed by atoms with Gasteiger partial charge in [0.05, 0.1) is 6.33 Å². The van der Waals surface area contributed by atoms with Crippen LogP contribution in [-0.4, -0.2) is 57.6 Å². The standard InChI is InChI=1S/C26H29FN8/c1-33-11-13-34(14-12-33)22-9-7-20(8-10-22)30-26-31-24(29-21-4-2-3-19(27)15-21)23-25(32-26)35(17-28-23)16-18-5-6-18/h2-4,7-10,15,17-18H,5-6,11-14,16H2,1H3,(H2,29,30,31,32). The highest BCUT2D eigenvalue weighted by Crippen LogP contribution is 2.33. The monoisotopic (exact) mass is 472 g/mol. The molecule has 2 aromatic carbocycles. The van der Waals surface area contributed by atoms with Crippen LogP contribution in [0.3, 0.4) is 0 Å². The minimum atomic E-state index is -0.307. The van der Waals surface area contributed by atoms with Gasteiger partial charge >= 0.3 is 0 Å². The zero-order chi connectivity index (χ0) is 23.8. The molecule has 0 unspecified atom stereocenters. The molecule has 1 aliphatic heterocycles. The van der Waals surface area contributed by atoms with Crippen molar-refractivity contribution in [2.45, 2.75) is 19.4 Å². The van der Waals surface area contributed by atoms with Gasteiger partial charge < -0.3 is 25.0 Å². The number of piperazine rings is 1. The highest BCUT2D eigenvalue weighted by Gasteiger charge is 2.24. The molecule has 1 saturated heterocycles. The maximum Gasteiger partial charge on any atom is 0.231 e. The fraction of sp³-hybridized carbons (Fsp3) is 0.346. The van der Waals surface area contributed by atoms with Gasteiger partial charge in [-0.3, -0.25) is 0 Å². The minimum Gasteiger partial charge on any atom is -0.369 e. The fourth-order valence-electron chi connectivity index (χ4n) is 4.45. The molecule has 2 fully saturated rings. The fourth-order valence-corrected chi connectivity index (χ4v) is 4.45. The van der Waals surface area contributed by atoms with E-state index in [1.54, 1.807) is 6.07 Å². The third-order valence-electron chi connectivity index (χ3n) is 6.69. The normalized spacial score (nSPS) is 16.6. The Morgan fingerprint density at radius 2 is 1.74 bits per heavy atom. The van der Waals surface area contributed by atoms with Gasteiger partial charge in [0.2, 0.25) is 5.95 Å². The lowest BCUT2D eigenvalue weighted by molar-refractivity contribution is 0.313. The first-order chi connectivity index (χ1) is 17.1. The van der Waals surface area contributed by atoms with Crippen molar-refractivity contribution in [3.05, 3.63) is 60.7 Å². The molecule has 0 bridgehead atoms. The van der Waals surface area contributed by atoms with E-state index in [1.165, 1.54) is 30.7 Å². The predicted molar refractivity (Wildman–Crippen MR) is 137 cm³/mol. The molecular weight excluding hydrogens is 443 g/mol.